The Kier molecular flexibility index (Phi) is 4.43. The van der Waals surface area contributed by atoms with E-state index in [4.69, 9.17) is 10.8 Å². The second-order valence-electron chi connectivity index (χ2n) is 5.44. The molecule has 0 bridgehead atoms. The van der Waals surface area contributed by atoms with Gasteiger partial charge in [-0.2, -0.15) is 0 Å². The average molecular weight is 260 g/mol. The van der Waals surface area contributed by atoms with Crippen LogP contribution in [-0.2, 0) is 0 Å². The Morgan fingerprint density at radius 3 is 2.32 bits per heavy atom. The fraction of sp³-hybridized carbons (Fsp3) is 0.533. The number of aliphatic imine (C=N–C) groups is 1. The lowest BCUT2D eigenvalue weighted by molar-refractivity contribution is 0.696. The molecule has 1 saturated carbocycles. The van der Waals surface area contributed by atoms with Crippen LogP contribution in [0.5, 0.6) is 0 Å². The number of anilines is 1. The molecule has 0 heterocycles. The van der Waals surface area contributed by atoms with Crippen molar-refractivity contribution in [1.29, 1.82) is 0 Å². The Labute approximate surface area is 115 Å². The molecule has 104 valence electrons. The molecule has 3 N–H and O–H groups in total. The Hall–Kier alpha value is -1.55. The van der Waals surface area contributed by atoms with E-state index in [-0.39, 0.29) is 0 Å². The van der Waals surface area contributed by atoms with E-state index in [1.165, 1.54) is 36.8 Å². The van der Waals surface area contributed by atoms with Gasteiger partial charge in [0.2, 0.25) is 5.96 Å². The molecule has 2 rings (SSSR count). The summed E-state index contributed by atoms with van der Waals surface area (Å²) in [4.78, 5) is 6.76. The molecule has 0 saturated heterocycles. The number of nitrogens with zero attached hydrogens (tertiary/aromatic N) is 2. The predicted octanol–water partition coefficient (Wildman–Crippen LogP) is 2.50. The highest BCUT2D eigenvalue weighted by atomic mass is 15.4. The molecule has 1 aliphatic rings. The van der Waals surface area contributed by atoms with Crippen molar-refractivity contribution < 1.29 is 0 Å². The van der Waals surface area contributed by atoms with Crippen molar-refractivity contribution in [3.8, 4) is 0 Å². The summed E-state index contributed by atoms with van der Waals surface area (Å²) in [5.41, 5.74) is 6.36. The molecule has 0 amide bonds. The maximum absolute atomic E-state index is 5.64. The maximum atomic E-state index is 5.64. The van der Waals surface area contributed by atoms with Gasteiger partial charge >= 0.3 is 0 Å². The van der Waals surface area contributed by atoms with Crippen LogP contribution in [0.25, 0.3) is 0 Å². The molecular weight excluding hydrogens is 236 g/mol. The molecule has 1 aromatic rings. The third-order valence-electron chi connectivity index (χ3n) is 3.67. The Morgan fingerprint density at radius 1 is 1.21 bits per heavy atom. The van der Waals surface area contributed by atoms with Crippen LogP contribution in [0.15, 0.2) is 23.2 Å². The van der Waals surface area contributed by atoms with Crippen molar-refractivity contribution >= 4 is 11.6 Å². The molecule has 0 aliphatic heterocycles. The summed E-state index contributed by atoms with van der Waals surface area (Å²) in [6.45, 7) is 4.21. The lowest BCUT2D eigenvalue weighted by Crippen LogP contribution is -2.43. The number of nitrogens with two attached hydrogens (primary N) is 1. The van der Waals surface area contributed by atoms with Gasteiger partial charge in [0, 0.05) is 12.7 Å². The van der Waals surface area contributed by atoms with E-state index in [0.29, 0.717) is 6.04 Å². The van der Waals surface area contributed by atoms with Gasteiger partial charge in [-0.15, -0.1) is 0 Å². The molecule has 0 atom stereocenters. The largest absolute Gasteiger partial charge is 0.315 e. The van der Waals surface area contributed by atoms with Crippen LogP contribution >= 0.6 is 0 Å². The van der Waals surface area contributed by atoms with Gasteiger partial charge in [0.25, 0.3) is 0 Å². The zero-order chi connectivity index (χ0) is 13.8. The quantitative estimate of drug-likeness (QED) is 0.372. The number of nitrogens with one attached hydrogen (secondary N) is 1. The van der Waals surface area contributed by atoms with Crippen molar-refractivity contribution in [2.45, 2.75) is 45.6 Å². The first kappa shape index (κ1) is 13.9. The van der Waals surface area contributed by atoms with Crippen LogP contribution in [0.1, 0.15) is 36.8 Å². The molecule has 0 radical (unpaired) electrons. The number of hydrazine groups is 1. The van der Waals surface area contributed by atoms with Gasteiger partial charge in [-0.3, -0.25) is 5.43 Å². The normalized spacial score (nSPS) is 16.7. The van der Waals surface area contributed by atoms with Gasteiger partial charge in [-0.05, 0) is 49.9 Å². The number of benzene rings is 1. The highest BCUT2D eigenvalue weighted by molar-refractivity contribution is 5.95. The zero-order valence-electron chi connectivity index (χ0n) is 12.1. The minimum atomic E-state index is 0.416. The SMILES string of the molecule is Cc1cc(C)cc(N(C)C(=NC2CCCC2)NN)c1. The number of hydrogen-bond donors (Lipinski definition) is 2. The van der Waals surface area contributed by atoms with Crippen LogP contribution in [0.3, 0.4) is 0 Å². The summed E-state index contributed by atoms with van der Waals surface area (Å²) in [6, 6.07) is 6.88. The molecule has 19 heavy (non-hydrogen) atoms. The monoisotopic (exact) mass is 260 g/mol. The number of guanidine groups is 1. The lowest BCUT2D eigenvalue weighted by Gasteiger charge is -2.22. The molecule has 1 aliphatic carbocycles. The minimum absolute atomic E-state index is 0.416. The molecule has 1 aromatic carbocycles. The summed E-state index contributed by atoms with van der Waals surface area (Å²) in [6.07, 6.45) is 4.90. The Balaban J connectivity index is 2.21. The summed E-state index contributed by atoms with van der Waals surface area (Å²) in [5.74, 6) is 6.39. The van der Waals surface area contributed by atoms with E-state index in [2.05, 4.69) is 37.5 Å². The summed E-state index contributed by atoms with van der Waals surface area (Å²) < 4.78 is 0. The van der Waals surface area contributed by atoms with Crippen molar-refractivity contribution in [3.63, 3.8) is 0 Å². The number of hydrogen-bond acceptors (Lipinski definition) is 2. The second kappa shape index (κ2) is 6.06. The number of rotatable bonds is 2. The fourth-order valence-electron chi connectivity index (χ4n) is 2.69. The van der Waals surface area contributed by atoms with E-state index >= 15 is 0 Å². The average Bonchev–Trinajstić information content (AvgIpc) is 2.86. The molecule has 0 unspecified atom stereocenters. The summed E-state index contributed by atoms with van der Waals surface area (Å²) in [7, 11) is 2.00. The van der Waals surface area contributed by atoms with E-state index < -0.39 is 0 Å². The van der Waals surface area contributed by atoms with Crippen LogP contribution in [0, 0.1) is 13.8 Å². The molecule has 0 spiro atoms. The van der Waals surface area contributed by atoms with E-state index in [1.807, 2.05) is 11.9 Å². The zero-order valence-corrected chi connectivity index (χ0v) is 12.1. The lowest BCUT2D eigenvalue weighted by atomic mass is 10.1. The smallest absolute Gasteiger partial charge is 0.212 e. The van der Waals surface area contributed by atoms with E-state index in [9.17, 15) is 0 Å². The maximum Gasteiger partial charge on any atom is 0.212 e. The van der Waals surface area contributed by atoms with Crippen molar-refractivity contribution in [1.82, 2.24) is 5.43 Å². The first-order valence-electron chi connectivity index (χ1n) is 6.96. The summed E-state index contributed by atoms with van der Waals surface area (Å²) in [5, 5.41) is 0. The Morgan fingerprint density at radius 2 is 1.79 bits per heavy atom. The highest BCUT2D eigenvalue weighted by Gasteiger charge is 2.16. The standard InChI is InChI=1S/C15H24N4/c1-11-8-12(2)10-14(9-11)19(3)15(18-16)17-13-6-4-5-7-13/h8-10,13H,4-7,16H2,1-3H3,(H,17,18). The first-order valence-corrected chi connectivity index (χ1v) is 6.96. The van der Waals surface area contributed by atoms with Gasteiger partial charge in [0.05, 0.1) is 6.04 Å². The highest BCUT2D eigenvalue weighted by Crippen LogP contribution is 2.22. The second-order valence-corrected chi connectivity index (χ2v) is 5.44. The van der Waals surface area contributed by atoms with Crippen LogP contribution < -0.4 is 16.2 Å². The van der Waals surface area contributed by atoms with Gasteiger partial charge in [-0.1, -0.05) is 18.9 Å². The van der Waals surface area contributed by atoms with Gasteiger partial charge in [0.15, 0.2) is 0 Å². The molecule has 0 aromatic heterocycles. The van der Waals surface area contributed by atoms with E-state index in [1.54, 1.807) is 0 Å². The molecular formula is C15H24N4. The van der Waals surface area contributed by atoms with Gasteiger partial charge in [0.1, 0.15) is 0 Å². The molecule has 1 fully saturated rings. The topological polar surface area (TPSA) is 53.6 Å². The van der Waals surface area contributed by atoms with Crippen LogP contribution in [0.4, 0.5) is 5.69 Å². The number of aryl methyl sites for hydroxylation is 2. The Bertz CT molecular complexity index is 441. The molecule has 4 nitrogen and oxygen atoms in total. The fourth-order valence-corrected chi connectivity index (χ4v) is 2.69. The van der Waals surface area contributed by atoms with Crippen molar-refractivity contribution in [2.75, 3.05) is 11.9 Å². The van der Waals surface area contributed by atoms with Gasteiger partial charge in [-0.25, -0.2) is 10.8 Å². The van der Waals surface area contributed by atoms with E-state index in [0.717, 1.165) is 11.6 Å². The van der Waals surface area contributed by atoms with Crippen LogP contribution in [-0.4, -0.2) is 19.0 Å². The van der Waals surface area contributed by atoms with Gasteiger partial charge < -0.3 is 4.90 Å². The third kappa shape index (κ3) is 3.47. The predicted molar refractivity (Wildman–Crippen MR) is 81.3 cm³/mol. The third-order valence-corrected chi connectivity index (χ3v) is 3.67. The first-order chi connectivity index (χ1) is 9.10. The van der Waals surface area contributed by atoms with Crippen molar-refractivity contribution in [2.24, 2.45) is 10.8 Å². The van der Waals surface area contributed by atoms with Crippen molar-refractivity contribution in [3.05, 3.63) is 29.3 Å². The molecule has 4 heteroatoms. The minimum Gasteiger partial charge on any atom is -0.315 e. The summed E-state index contributed by atoms with van der Waals surface area (Å²) >= 11 is 0. The van der Waals surface area contributed by atoms with Crippen LogP contribution in [0.2, 0.25) is 0 Å².